The van der Waals surface area contributed by atoms with E-state index in [1.165, 1.54) is 47.2 Å². The van der Waals surface area contributed by atoms with Gasteiger partial charge in [-0.05, 0) is 30.7 Å². The molecule has 1 fully saturated rings. The number of carbonyl (C=O) groups is 1. The summed E-state index contributed by atoms with van der Waals surface area (Å²) >= 11 is 4.78. The van der Waals surface area contributed by atoms with Gasteiger partial charge in [0.15, 0.2) is 4.34 Å². The molecule has 3 rings (SSSR count). The number of carbonyl (C=O) groups excluding carboxylic acids is 1. The third-order valence-electron chi connectivity index (χ3n) is 4.47. The van der Waals surface area contributed by atoms with Crippen molar-refractivity contribution in [2.24, 2.45) is 0 Å². The van der Waals surface area contributed by atoms with Crippen LogP contribution in [0, 0.1) is 0 Å². The first-order valence-electron chi connectivity index (χ1n) is 8.70. The van der Waals surface area contributed by atoms with Gasteiger partial charge in [-0.3, -0.25) is 4.79 Å². The van der Waals surface area contributed by atoms with Crippen molar-refractivity contribution in [2.75, 3.05) is 24.7 Å². The second kappa shape index (κ2) is 9.54. The number of amides is 1. The Morgan fingerprint density at radius 3 is 2.96 bits per heavy atom. The molecule has 5 nitrogen and oxygen atoms in total. The van der Waals surface area contributed by atoms with Crippen molar-refractivity contribution in [2.45, 2.75) is 48.9 Å². The first-order chi connectivity index (χ1) is 12.2. The Labute approximate surface area is 161 Å². The van der Waals surface area contributed by atoms with Crippen molar-refractivity contribution in [3.8, 4) is 0 Å². The van der Waals surface area contributed by atoms with Gasteiger partial charge in [0, 0.05) is 24.5 Å². The van der Waals surface area contributed by atoms with E-state index in [-0.39, 0.29) is 5.91 Å². The van der Waals surface area contributed by atoms with Crippen molar-refractivity contribution < 1.29 is 4.79 Å². The Hall–Kier alpha value is -1.12. The van der Waals surface area contributed by atoms with E-state index in [1.807, 2.05) is 11.9 Å². The molecule has 2 heterocycles. The lowest BCUT2D eigenvalue weighted by Gasteiger charge is -2.31. The van der Waals surface area contributed by atoms with E-state index < -0.39 is 0 Å². The van der Waals surface area contributed by atoms with E-state index in [4.69, 9.17) is 0 Å². The number of nitrogens with one attached hydrogen (secondary N) is 1. The zero-order valence-corrected chi connectivity index (χ0v) is 16.9. The average Bonchev–Trinajstić information content (AvgIpc) is 3.32. The summed E-state index contributed by atoms with van der Waals surface area (Å²) < 4.78 is 0.851. The minimum Gasteiger partial charge on any atom is -0.360 e. The molecule has 0 bridgehead atoms. The van der Waals surface area contributed by atoms with Crippen molar-refractivity contribution in [3.05, 3.63) is 22.4 Å². The zero-order chi connectivity index (χ0) is 17.5. The number of thioether (sulfide) groups is 1. The minimum absolute atomic E-state index is 0.194. The second-order valence-corrected chi connectivity index (χ2v) is 9.45. The number of hydrogen-bond donors (Lipinski definition) is 1. The predicted octanol–water partition coefficient (Wildman–Crippen LogP) is 4.14. The van der Waals surface area contributed by atoms with E-state index in [9.17, 15) is 4.79 Å². The molecule has 2 aromatic rings. The van der Waals surface area contributed by atoms with Gasteiger partial charge in [0.05, 0.1) is 5.75 Å². The lowest BCUT2D eigenvalue weighted by Crippen LogP contribution is -2.39. The van der Waals surface area contributed by atoms with Crippen molar-refractivity contribution >= 4 is 45.5 Å². The fourth-order valence-electron chi connectivity index (χ4n) is 2.98. The van der Waals surface area contributed by atoms with Gasteiger partial charge in [-0.1, -0.05) is 48.4 Å². The molecule has 0 saturated heterocycles. The van der Waals surface area contributed by atoms with Gasteiger partial charge in [0.1, 0.15) is 0 Å². The molecule has 1 amide bonds. The molecule has 1 aliphatic carbocycles. The SMILES string of the molecule is CN(C(=O)CSc1nnc(NCCc2cccs2)s1)C1CCCCC1. The van der Waals surface area contributed by atoms with Crippen LogP contribution in [0.4, 0.5) is 5.13 Å². The van der Waals surface area contributed by atoms with Crippen molar-refractivity contribution in [1.82, 2.24) is 15.1 Å². The van der Waals surface area contributed by atoms with E-state index in [1.54, 1.807) is 11.3 Å². The summed E-state index contributed by atoms with van der Waals surface area (Å²) in [6, 6.07) is 4.63. The predicted molar refractivity (Wildman–Crippen MR) is 107 cm³/mol. The Morgan fingerprint density at radius 2 is 2.20 bits per heavy atom. The van der Waals surface area contributed by atoms with Crippen LogP contribution in [0.3, 0.4) is 0 Å². The summed E-state index contributed by atoms with van der Waals surface area (Å²) in [6.07, 6.45) is 7.07. The molecule has 25 heavy (non-hydrogen) atoms. The summed E-state index contributed by atoms with van der Waals surface area (Å²) in [5, 5.41) is 14.6. The lowest BCUT2D eigenvalue weighted by atomic mass is 9.94. The number of thiophene rings is 1. The molecule has 2 aromatic heterocycles. The van der Waals surface area contributed by atoms with Crippen molar-refractivity contribution in [1.29, 1.82) is 0 Å². The minimum atomic E-state index is 0.194. The quantitative estimate of drug-likeness (QED) is 0.680. The van der Waals surface area contributed by atoms with Gasteiger partial charge in [0.2, 0.25) is 11.0 Å². The van der Waals surface area contributed by atoms with E-state index in [0.29, 0.717) is 11.8 Å². The van der Waals surface area contributed by atoms with Crippen LogP contribution >= 0.6 is 34.4 Å². The summed E-state index contributed by atoms with van der Waals surface area (Å²) in [6.45, 7) is 0.850. The maximum absolute atomic E-state index is 12.4. The Bertz CT molecular complexity index is 653. The summed E-state index contributed by atoms with van der Waals surface area (Å²) in [4.78, 5) is 15.7. The molecule has 0 aliphatic heterocycles. The highest BCUT2D eigenvalue weighted by Crippen LogP contribution is 2.27. The summed E-state index contributed by atoms with van der Waals surface area (Å²) in [5.74, 6) is 0.635. The normalized spacial score (nSPS) is 15.2. The van der Waals surface area contributed by atoms with Crippen LogP contribution in [-0.4, -0.2) is 46.4 Å². The number of anilines is 1. The monoisotopic (exact) mass is 396 g/mol. The van der Waals surface area contributed by atoms with Crippen LogP contribution in [0.2, 0.25) is 0 Å². The molecule has 1 aliphatic rings. The van der Waals surface area contributed by atoms with Crippen LogP contribution in [0.1, 0.15) is 37.0 Å². The summed E-state index contributed by atoms with van der Waals surface area (Å²) in [7, 11) is 1.94. The van der Waals surface area contributed by atoms with E-state index in [2.05, 4.69) is 33.0 Å². The van der Waals surface area contributed by atoms with Gasteiger partial charge in [-0.25, -0.2) is 0 Å². The first-order valence-corrected chi connectivity index (χ1v) is 11.4. The first kappa shape index (κ1) is 18.7. The molecule has 1 saturated carbocycles. The largest absolute Gasteiger partial charge is 0.360 e. The molecule has 136 valence electrons. The number of nitrogens with zero attached hydrogens (tertiary/aromatic N) is 3. The van der Waals surface area contributed by atoms with Crippen LogP contribution in [0.15, 0.2) is 21.9 Å². The van der Waals surface area contributed by atoms with Crippen LogP contribution in [0.25, 0.3) is 0 Å². The van der Waals surface area contributed by atoms with Crippen LogP contribution in [-0.2, 0) is 11.2 Å². The van der Waals surface area contributed by atoms with Gasteiger partial charge in [0.25, 0.3) is 0 Å². The second-order valence-electron chi connectivity index (χ2n) is 6.21. The Kier molecular flexibility index (Phi) is 7.12. The fourth-order valence-corrected chi connectivity index (χ4v) is 5.39. The Morgan fingerprint density at radius 1 is 1.36 bits per heavy atom. The molecule has 0 atom stereocenters. The Balaban J connectivity index is 1.39. The molecule has 0 unspecified atom stereocenters. The maximum atomic E-state index is 12.4. The van der Waals surface area contributed by atoms with E-state index in [0.717, 1.165) is 35.3 Å². The van der Waals surface area contributed by atoms with Gasteiger partial charge < -0.3 is 10.2 Å². The molecule has 0 radical (unpaired) electrons. The molecule has 0 spiro atoms. The van der Waals surface area contributed by atoms with Crippen LogP contribution in [0.5, 0.6) is 0 Å². The topological polar surface area (TPSA) is 58.1 Å². The molecular formula is C17H24N4OS3. The highest BCUT2D eigenvalue weighted by Gasteiger charge is 2.22. The number of hydrogen-bond acceptors (Lipinski definition) is 7. The highest BCUT2D eigenvalue weighted by atomic mass is 32.2. The summed E-state index contributed by atoms with van der Waals surface area (Å²) in [5.41, 5.74) is 0. The standard InChI is InChI=1S/C17H24N4OS3/c1-21(13-6-3-2-4-7-13)15(22)12-24-17-20-19-16(25-17)18-10-9-14-8-5-11-23-14/h5,8,11,13H,2-4,6-7,9-10,12H2,1H3,(H,18,19). The fraction of sp³-hybridized carbons (Fsp3) is 0.588. The van der Waals surface area contributed by atoms with E-state index >= 15 is 0 Å². The number of aromatic nitrogens is 2. The molecule has 8 heteroatoms. The highest BCUT2D eigenvalue weighted by molar-refractivity contribution is 8.01. The molecule has 0 aromatic carbocycles. The van der Waals surface area contributed by atoms with Gasteiger partial charge in [-0.2, -0.15) is 0 Å². The smallest absolute Gasteiger partial charge is 0.233 e. The number of rotatable bonds is 8. The maximum Gasteiger partial charge on any atom is 0.233 e. The van der Waals surface area contributed by atoms with Gasteiger partial charge in [-0.15, -0.1) is 21.5 Å². The molecular weight excluding hydrogens is 372 g/mol. The van der Waals surface area contributed by atoms with Crippen LogP contribution < -0.4 is 5.32 Å². The molecule has 1 N–H and O–H groups in total. The van der Waals surface area contributed by atoms with Gasteiger partial charge >= 0.3 is 0 Å². The van der Waals surface area contributed by atoms with Crippen molar-refractivity contribution in [3.63, 3.8) is 0 Å². The third-order valence-corrected chi connectivity index (χ3v) is 7.40. The lowest BCUT2D eigenvalue weighted by molar-refractivity contribution is -0.129. The average molecular weight is 397 g/mol. The third kappa shape index (κ3) is 5.69. The zero-order valence-electron chi connectivity index (χ0n) is 14.4.